The van der Waals surface area contributed by atoms with Gasteiger partial charge in [-0.05, 0) is 23.3 Å². The summed E-state index contributed by atoms with van der Waals surface area (Å²) < 4.78 is 5.84. The maximum atomic E-state index is 13.0. The fourth-order valence-electron chi connectivity index (χ4n) is 3.17. The summed E-state index contributed by atoms with van der Waals surface area (Å²) in [6.07, 6.45) is -0.220. The van der Waals surface area contributed by atoms with Gasteiger partial charge in [-0.2, -0.15) is 0 Å². The Balaban J connectivity index is 0.00000261. The molecule has 1 saturated heterocycles. The number of rotatable bonds is 4. The van der Waals surface area contributed by atoms with Crippen LogP contribution in [0.2, 0.25) is 10.0 Å². The predicted octanol–water partition coefficient (Wildman–Crippen LogP) is 4.65. The largest absolute Gasteiger partial charge is 0.370 e. The van der Waals surface area contributed by atoms with E-state index < -0.39 is 0 Å². The van der Waals surface area contributed by atoms with E-state index in [2.05, 4.69) is 0 Å². The molecule has 1 aliphatic heterocycles. The molecule has 3 rings (SSSR count). The van der Waals surface area contributed by atoms with Crippen molar-refractivity contribution in [2.75, 3.05) is 19.7 Å². The zero-order valence-corrected chi connectivity index (χ0v) is 17.3. The van der Waals surface area contributed by atoms with E-state index in [1.165, 1.54) is 0 Å². The topological polar surface area (TPSA) is 55.6 Å². The highest BCUT2D eigenvalue weighted by atomic mass is 35.5. The third kappa shape index (κ3) is 5.15. The van der Waals surface area contributed by atoms with Crippen LogP contribution in [0.3, 0.4) is 0 Å². The number of ether oxygens (including phenoxy) is 1. The van der Waals surface area contributed by atoms with Gasteiger partial charge in [-0.15, -0.1) is 12.4 Å². The Labute approximate surface area is 176 Å². The molecule has 7 heteroatoms. The van der Waals surface area contributed by atoms with Gasteiger partial charge in [-0.3, -0.25) is 4.79 Å². The Morgan fingerprint density at radius 2 is 1.89 bits per heavy atom. The first-order chi connectivity index (χ1) is 12.5. The van der Waals surface area contributed by atoms with Crippen molar-refractivity contribution in [3.63, 3.8) is 0 Å². The van der Waals surface area contributed by atoms with Crippen molar-refractivity contribution in [3.8, 4) is 0 Å². The first-order valence-electron chi connectivity index (χ1n) is 8.63. The van der Waals surface area contributed by atoms with Gasteiger partial charge in [-0.25, -0.2) is 0 Å². The SMILES string of the molecule is CC(C(=O)N1CCOC(c2ccc(Cl)c(Cl)c2)C1)C(N)c1ccccc1.Cl. The third-order valence-electron chi connectivity index (χ3n) is 4.81. The average Bonchev–Trinajstić information content (AvgIpc) is 2.69. The Kier molecular flexibility index (Phi) is 7.95. The van der Waals surface area contributed by atoms with E-state index in [4.69, 9.17) is 33.7 Å². The second-order valence-electron chi connectivity index (χ2n) is 6.54. The minimum Gasteiger partial charge on any atom is -0.370 e. The highest BCUT2D eigenvalue weighted by Crippen LogP contribution is 2.30. The average molecular weight is 430 g/mol. The van der Waals surface area contributed by atoms with E-state index in [1.54, 1.807) is 12.1 Å². The van der Waals surface area contributed by atoms with Crippen molar-refractivity contribution in [1.82, 2.24) is 4.90 Å². The second-order valence-corrected chi connectivity index (χ2v) is 7.36. The van der Waals surface area contributed by atoms with Crippen molar-refractivity contribution < 1.29 is 9.53 Å². The van der Waals surface area contributed by atoms with Gasteiger partial charge in [0.15, 0.2) is 0 Å². The fourth-order valence-corrected chi connectivity index (χ4v) is 3.48. The number of benzene rings is 2. The number of halogens is 3. The van der Waals surface area contributed by atoms with Crippen LogP contribution in [-0.4, -0.2) is 30.5 Å². The van der Waals surface area contributed by atoms with E-state index in [-0.39, 0.29) is 36.4 Å². The van der Waals surface area contributed by atoms with E-state index in [1.807, 2.05) is 48.2 Å². The molecule has 1 heterocycles. The minimum atomic E-state index is -0.338. The molecule has 1 amide bonds. The maximum absolute atomic E-state index is 13.0. The number of carbonyl (C=O) groups is 1. The van der Waals surface area contributed by atoms with Gasteiger partial charge in [0, 0.05) is 12.6 Å². The summed E-state index contributed by atoms with van der Waals surface area (Å²) in [6, 6.07) is 14.8. The normalized spacial score (nSPS) is 19.1. The minimum absolute atomic E-state index is 0. The lowest BCUT2D eigenvalue weighted by Gasteiger charge is -2.35. The quantitative estimate of drug-likeness (QED) is 0.769. The molecule has 27 heavy (non-hydrogen) atoms. The molecule has 0 aliphatic carbocycles. The van der Waals surface area contributed by atoms with Crippen LogP contribution in [0, 0.1) is 5.92 Å². The van der Waals surface area contributed by atoms with Crippen LogP contribution in [-0.2, 0) is 9.53 Å². The molecule has 0 aromatic heterocycles. The molecule has 2 aromatic rings. The van der Waals surface area contributed by atoms with Crippen LogP contribution in [0.1, 0.15) is 30.2 Å². The number of hydrogen-bond acceptors (Lipinski definition) is 3. The van der Waals surface area contributed by atoms with E-state index >= 15 is 0 Å². The molecular weight excluding hydrogens is 407 g/mol. The Bertz CT molecular complexity index is 773. The molecular formula is C20H23Cl3N2O2. The van der Waals surface area contributed by atoms with E-state index in [9.17, 15) is 4.79 Å². The molecule has 1 aliphatic rings. The molecule has 146 valence electrons. The van der Waals surface area contributed by atoms with Crippen LogP contribution in [0.5, 0.6) is 0 Å². The molecule has 3 atom stereocenters. The Morgan fingerprint density at radius 3 is 2.56 bits per heavy atom. The summed E-state index contributed by atoms with van der Waals surface area (Å²) >= 11 is 12.1. The van der Waals surface area contributed by atoms with Crippen molar-refractivity contribution in [2.24, 2.45) is 11.7 Å². The number of nitrogens with two attached hydrogens (primary N) is 1. The highest BCUT2D eigenvalue weighted by molar-refractivity contribution is 6.42. The van der Waals surface area contributed by atoms with Crippen LogP contribution >= 0.6 is 35.6 Å². The Hall–Kier alpha value is -1.30. The van der Waals surface area contributed by atoms with Gasteiger partial charge in [0.2, 0.25) is 5.91 Å². The first kappa shape index (κ1) is 22.0. The van der Waals surface area contributed by atoms with E-state index in [0.29, 0.717) is 29.7 Å². The first-order valence-corrected chi connectivity index (χ1v) is 9.39. The zero-order valence-electron chi connectivity index (χ0n) is 15.0. The van der Waals surface area contributed by atoms with Crippen molar-refractivity contribution in [1.29, 1.82) is 0 Å². The number of nitrogens with zero attached hydrogens (tertiary/aromatic N) is 1. The van der Waals surface area contributed by atoms with Crippen molar-refractivity contribution in [3.05, 3.63) is 69.7 Å². The van der Waals surface area contributed by atoms with Crippen LogP contribution < -0.4 is 5.73 Å². The van der Waals surface area contributed by atoms with Gasteiger partial charge in [-0.1, -0.05) is 66.5 Å². The molecule has 0 spiro atoms. The summed E-state index contributed by atoms with van der Waals surface area (Å²) in [6.45, 7) is 3.39. The zero-order chi connectivity index (χ0) is 18.7. The number of amides is 1. The lowest BCUT2D eigenvalue weighted by atomic mass is 9.93. The maximum Gasteiger partial charge on any atom is 0.227 e. The summed E-state index contributed by atoms with van der Waals surface area (Å²) in [5, 5.41) is 0.984. The van der Waals surface area contributed by atoms with Gasteiger partial charge in [0.25, 0.3) is 0 Å². The lowest BCUT2D eigenvalue weighted by Crippen LogP contribution is -2.46. The summed E-state index contributed by atoms with van der Waals surface area (Å²) in [5.74, 6) is -0.278. The molecule has 0 bridgehead atoms. The second kappa shape index (κ2) is 9.76. The highest BCUT2D eigenvalue weighted by Gasteiger charge is 2.31. The molecule has 0 radical (unpaired) electrons. The molecule has 0 saturated carbocycles. The van der Waals surface area contributed by atoms with E-state index in [0.717, 1.165) is 11.1 Å². The third-order valence-corrected chi connectivity index (χ3v) is 5.55. The predicted molar refractivity (Wildman–Crippen MR) is 112 cm³/mol. The smallest absolute Gasteiger partial charge is 0.227 e. The summed E-state index contributed by atoms with van der Waals surface area (Å²) in [5.41, 5.74) is 8.19. The summed E-state index contributed by atoms with van der Waals surface area (Å²) in [4.78, 5) is 14.8. The number of carbonyl (C=O) groups excluding carboxylic acids is 1. The lowest BCUT2D eigenvalue weighted by molar-refractivity contribution is -0.143. The Morgan fingerprint density at radius 1 is 1.19 bits per heavy atom. The number of morpholine rings is 1. The van der Waals surface area contributed by atoms with Gasteiger partial charge in [0.05, 0.1) is 29.1 Å². The fraction of sp³-hybridized carbons (Fsp3) is 0.350. The summed E-state index contributed by atoms with van der Waals surface area (Å²) in [7, 11) is 0. The van der Waals surface area contributed by atoms with Crippen molar-refractivity contribution >= 4 is 41.5 Å². The molecule has 2 N–H and O–H groups in total. The van der Waals surface area contributed by atoms with Crippen LogP contribution in [0.25, 0.3) is 0 Å². The molecule has 2 aromatic carbocycles. The standard InChI is InChI=1S/C20H22Cl2N2O2.ClH/c1-13(19(23)14-5-3-2-4-6-14)20(25)24-9-10-26-18(12-24)15-7-8-16(21)17(22)11-15;/h2-8,11,13,18-19H,9-10,12,23H2,1H3;1H. The number of hydrogen-bond donors (Lipinski definition) is 1. The van der Waals surface area contributed by atoms with Gasteiger partial charge >= 0.3 is 0 Å². The van der Waals surface area contributed by atoms with Gasteiger partial charge in [0.1, 0.15) is 6.10 Å². The molecule has 1 fully saturated rings. The van der Waals surface area contributed by atoms with Crippen molar-refractivity contribution in [2.45, 2.75) is 19.1 Å². The van der Waals surface area contributed by atoms with Crippen LogP contribution in [0.15, 0.2) is 48.5 Å². The van der Waals surface area contributed by atoms with Crippen LogP contribution in [0.4, 0.5) is 0 Å². The monoisotopic (exact) mass is 428 g/mol. The molecule has 4 nitrogen and oxygen atoms in total. The van der Waals surface area contributed by atoms with Gasteiger partial charge < -0.3 is 15.4 Å². The molecule has 3 unspecified atom stereocenters.